The highest BCUT2D eigenvalue weighted by Crippen LogP contribution is 2.39. The SMILES string of the molecule is CC1=CCCC1NC(=O)Nc1ccc(Cl)c(S(=O)(=O)N2CCn3ccnc3C2)c1O. The average molecular weight is 452 g/mol. The molecule has 9 nitrogen and oxygen atoms in total. The van der Waals surface area contributed by atoms with E-state index in [0.717, 1.165) is 18.4 Å². The van der Waals surface area contributed by atoms with Crippen molar-refractivity contribution < 1.29 is 18.3 Å². The molecule has 0 spiro atoms. The Balaban J connectivity index is 1.58. The van der Waals surface area contributed by atoms with Crippen LogP contribution in [0.1, 0.15) is 25.6 Å². The molecule has 2 aliphatic rings. The number of aromatic hydroxyl groups is 1. The van der Waals surface area contributed by atoms with E-state index in [1.54, 1.807) is 12.4 Å². The smallest absolute Gasteiger partial charge is 0.319 e. The Bertz CT molecular complexity index is 1130. The summed E-state index contributed by atoms with van der Waals surface area (Å²) in [5, 5.41) is 15.9. The van der Waals surface area contributed by atoms with Crippen LogP contribution in [0.2, 0.25) is 5.02 Å². The highest BCUT2D eigenvalue weighted by atomic mass is 35.5. The van der Waals surface area contributed by atoms with Gasteiger partial charge in [-0.05, 0) is 31.9 Å². The van der Waals surface area contributed by atoms with Gasteiger partial charge in [-0.2, -0.15) is 4.31 Å². The average Bonchev–Trinajstić information content (AvgIpc) is 3.32. The molecule has 2 amide bonds. The monoisotopic (exact) mass is 451 g/mol. The number of allylic oxidation sites excluding steroid dienone is 1. The Hall–Kier alpha value is -2.56. The maximum Gasteiger partial charge on any atom is 0.319 e. The normalized spacial score (nSPS) is 19.3. The molecule has 1 aliphatic carbocycles. The first-order valence-corrected chi connectivity index (χ1v) is 11.3. The molecule has 160 valence electrons. The number of halogens is 1. The minimum atomic E-state index is -4.12. The largest absolute Gasteiger partial charge is 0.504 e. The number of imidazole rings is 1. The second-order valence-corrected chi connectivity index (χ2v) is 9.61. The first-order chi connectivity index (χ1) is 14.3. The first-order valence-electron chi connectivity index (χ1n) is 9.53. The fourth-order valence-corrected chi connectivity index (χ4v) is 5.71. The number of fused-ring (bicyclic) bond motifs is 1. The Labute approximate surface area is 179 Å². The second kappa shape index (κ2) is 7.93. The quantitative estimate of drug-likeness (QED) is 0.488. The van der Waals surface area contributed by atoms with Crippen LogP contribution in [0.5, 0.6) is 5.75 Å². The van der Waals surface area contributed by atoms with Gasteiger partial charge >= 0.3 is 6.03 Å². The van der Waals surface area contributed by atoms with Gasteiger partial charge in [0.05, 0.1) is 23.3 Å². The summed E-state index contributed by atoms with van der Waals surface area (Å²) in [5.74, 6) is 0.0133. The number of benzene rings is 1. The van der Waals surface area contributed by atoms with Crippen LogP contribution in [-0.4, -0.2) is 46.0 Å². The van der Waals surface area contributed by atoms with Gasteiger partial charge in [0.15, 0.2) is 5.75 Å². The number of anilines is 1. The molecule has 1 aromatic heterocycles. The topological polar surface area (TPSA) is 117 Å². The number of phenols is 1. The number of aromatic nitrogens is 2. The van der Waals surface area contributed by atoms with Crippen LogP contribution < -0.4 is 10.6 Å². The molecule has 4 rings (SSSR count). The zero-order valence-corrected chi connectivity index (χ0v) is 17.9. The molecule has 2 heterocycles. The van der Waals surface area contributed by atoms with E-state index in [1.807, 2.05) is 11.5 Å². The van der Waals surface area contributed by atoms with Crippen LogP contribution in [0, 0.1) is 0 Å². The molecule has 0 radical (unpaired) electrons. The molecule has 2 aromatic rings. The van der Waals surface area contributed by atoms with E-state index < -0.39 is 26.7 Å². The van der Waals surface area contributed by atoms with E-state index in [9.17, 15) is 18.3 Å². The summed E-state index contributed by atoms with van der Waals surface area (Å²) >= 11 is 6.16. The predicted octanol–water partition coefficient (Wildman–Crippen LogP) is 2.68. The molecule has 0 saturated carbocycles. The number of nitrogens with one attached hydrogen (secondary N) is 2. The van der Waals surface area contributed by atoms with Crippen LogP contribution in [0.15, 0.2) is 41.1 Å². The van der Waals surface area contributed by atoms with Crippen molar-refractivity contribution in [1.82, 2.24) is 19.2 Å². The van der Waals surface area contributed by atoms with E-state index in [1.165, 1.54) is 16.4 Å². The fourth-order valence-electron chi connectivity index (χ4n) is 3.73. The van der Waals surface area contributed by atoms with Crippen molar-refractivity contribution in [3.05, 3.63) is 47.0 Å². The summed E-state index contributed by atoms with van der Waals surface area (Å²) < 4.78 is 29.5. The number of urea groups is 1. The van der Waals surface area contributed by atoms with E-state index >= 15 is 0 Å². The summed E-state index contributed by atoms with van der Waals surface area (Å²) in [6.07, 6.45) is 7.14. The Morgan fingerprint density at radius 3 is 2.87 bits per heavy atom. The molecular weight excluding hydrogens is 430 g/mol. The summed E-state index contributed by atoms with van der Waals surface area (Å²) in [7, 11) is -4.12. The minimum Gasteiger partial charge on any atom is -0.504 e. The van der Waals surface area contributed by atoms with Crippen molar-refractivity contribution in [2.45, 2.75) is 43.8 Å². The molecule has 1 aromatic carbocycles. The van der Waals surface area contributed by atoms with Crippen molar-refractivity contribution in [1.29, 1.82) is 0 Å². The van der Waals surface area contributed by atoms with E-state index in [4.69, 9.17) is 11.6 Å². The van der Waals surface area contributed by atoms with E-state index in [-0.39, 0.29) is 29.8 Å². The van der Waals surface area contributed by atoms with Crippen LogP contribution in [-0.2, 0) is 23.1 Å². The number of carbonyl (C=O) groups is 1. The molecule has 30 heavy (non-hydrogen) atoms. The Kier molecular flexibility index (Phi) is 5.48. The standard InChI is InChI=1S/C19H22ClN5O4S/c1-12-3-2-4-14(12)22-19(27)23-15-6-5-13(20)18(17(15)26)30(28,29)25-10-9-24-8-7-21-16(24)11-25/h3,5-8,14,26H,2,4,9-11H2,1H3,(H2,22,23,27). The second-order valence-electron chi connectivity index (χ2n) is 7.32. The molecule has 0 saturated heterocycles. The van der Waals surface area contributed by atoms with Gasteiger partial charge in [-0.15, -0.1) is 0 Å². The highest BCUT2D eigenvalue weighted by Gasteiger charge is 2.34. The first kappa shape index (κ1) is 20.7. The van der Waals surface area contributed by atoms with Crippen molar-refractivity contribution in [2.24, 2.45) is 0 Å². The lowest BCUT2D eigenvalue weighted by molar-refractivity contribution is 0.249. The van der Waals surface area contributed by atoms with Gasteiger partial charge in [0.25, 0.3) is 0 Å². The summed E-state index contributed by atoms with van der Waals surface area (Å²) in [6.45, 7) is 2.66. The van der Waals surface area contributed by atoms with Gasteiger partial charge in [0.2, 0.25) is 10.0 Å². The van der Waals surface area contributed by atoms with Gasteiger partial charge in [-0.25, -0.2) is 18.2 Å². The zero-order chi connectivity index (χ0) is 21.5. The molecule has 11 heteroatoms. The molecular formula is C19H22ClN5O4S. The van der Waals surface area contributed by atoms with Gasteiger partial charge in [-0.1, -0.05) is 23.3 Å². The van der Waals surface area contributed by atoms with E-state index in [2.05, 4.69) is 21.7 Å². The number of carbonyl (C=O) groups excluding carboxylic acids is 1. The number of hydrogen-bond donors (Lipinski definition) is 3. The predicted molar refractivity (Wildman–Crippen MR) is 112 cm³/mol. The van der Waals surface area contributed by atoms with Crippen molar-refractivity contribution in [2.75, 3.05) is 11.9 Å². The van der Waals surface area contributed by atoms with Gasteiger partial charge < -0.3 is 20.3 Å². The summed E-state index contributed by atoms with van der Waals surface area (Å²) in [6, 6.07) is 2.10. The number of nitrogens with zero attached hydrogens (tertiary/aromatic N) is 3. The Morgan fingerprint density at radius 1 is 1.33 bits per heavy atom. The van der Waals surface area contributed by atoms with Crippen LogP contribution in [0.3, 0.4) is 0 Å². The van der Waals surface area contributed by atoms with Gasteiger partial charge in [-0.3, -0.25) is 0 Å². The van der Waals surface area contributed by atoms with Crippen LogP contribution >= 0.6 is 11.6 Å². The molecule has 0 bridgehead atoms. The van der Waals surface area contributed by atoms with Crippen molar-refractivity contribution >= 4 is 33.3 Å². The summed E-state index contributed by atoms with van der Waals surface area (Å²) in [5.41, 5.74) is 1.03. The molecule has 1 unspecified atom stereocenters. The third kappa shape index (κ3) is 3.78. The highest BCUT2D eigenvalue weighted by molar-refractivity contribution is 7.89. The van der Waals surface area contributed by atoms with Crippen LogP contribution in [0.4, 0.5) is 10.5 Å². The number of phenolic OH excluding ortho intramolecular Hbond substituents is 1. The molecule has 1 atom stereocenters. The third-order valence-electron chi connectivity index (χ3n) is 5.42. The lowest BCUT2D eigenvalue weighted by Gasteiger charge is -2.27. The lowest BCUT2D eigenvalue weighted by atomic mass is 10.2. The summed E-state index contributed by atoms with van der Waals surface area (Å²) in [4.78, 5) is 16.1. The van der Waals surface area contributed by atoms with E-state index in [0.29, 0.717) is 12.4 Å². The number of hydrogen-bond acceptors (Lipinski definition) is 5. The maximum absolute atomic E-state index is 13.2. The molecule has 3 N–H and O–H groups in total. The van der Waals surface area contributed by atoms with Gasteiger partial charge in [0.1, 0.15) is 10.7 Å². The zero-order valence-electron chi connectivity index (χ0n) is 16.3. The number of sulfonamides is 1. The van der Waals surface area contributed by atoms with Crippen molar-refractivity contribution in [3.8, 4) is 5.75 Å². The number of amides is 2. The molecule has 1 aliphatic heterocycles. The Morgan fingerprint density at radius 2 is 2.13 bits per heavy atom. The lowest BCUT2D eigenvalue weighted by Crippen LogP contribution is -2.38. The third-order valence-corrected chi connectivity index (χ3v) is 7.76. The number of rotatable bonds is 4. The molecule has 0 fully saturated rings. The van der Waals surface area contributed by atoms with Crippen LogP contribution in [0.25, 0.3) is 0 Å². The maximum atomic E-state index is 13.2. The minimum absolute atomic E-state index is 0.0337. The van der Waals surface area contributed by atoms with Crippen molar-refractivity contribution in [3.63, 3.8) is 0 Å². The fraction of sp³-hybridized carbons (Fsp3) is 0.368. The van der Waals surface area contributed by atoms with Gasteiger partial charge in [0, 0.05) is 25.5 Å².